The highest BCUT2D eigenvalue weighted by atomic mass is 16.5. The summed E-state index contributed by atoms with van der Waals surface area (Å²) in [5, 5.41) is 19.9. The van der Waals surface area contributed by atoms with E-state index in [4.69, 9.17) is 4.74 Å². The number of aliphatic carboxylic acids is 1. The Hall–Kier alpha value is -1.65. The molecule has 0 aliphatic heterocycles. The Balaban J connectivity index is 0. The van der Waals surface area contributed by atoms with E-state index in [9.17, 15) is 15.0 Å². The number of rotatable bonds is 25. The summed E-state index contributed by atoms with van der Waals surface area (Å²) in [4.78, 5) is 12.1. The Morgan fingerprint density at radius 2 is 1.32 bits per heavy atom. The molecule has 4 nitrogen and oxygen atoms in total. The molecule has 222 valence electrons. The fraction of sp³-hybridized carbons (Fsp3) is 0.735. The molecule has 0 aliphatic rings. The summed E-state index contributed by atoms with van der Waals surface area (Å²) in [6, 6.07) is 0. The molecule has 0 fully saturated rings. The van der Waals surface area contributed by atoms with E-state index in [0.717, 1.165) is 64.2 Å². The van der Waals surface area contributed by atoms with E-state index in [-0.39, 0.29) is 6.42 Å². The number of aliphatic hydroxyl groups excluding tert-OH is 1. The summed E-state index contributed by atoms with van der Waals surface area (Å²) >= 11 is 0. The molecule has 0 rings (SSSR count). The molecule has 0 saturated carbocycles. The van der Waals surface area contributed by atoms with Crippen LogP contribution in [0.25, 0.3) is 0 Å². The van der Waals surface area contributed by atoms with Crippen molar-refractivity contribution in [2.24, 2.45) is 0 Å². The van der Waals surface area contributed by atoms with Gasteiger partial charge in [-0.15, -0.1) is 6.58 Å². The van der Waals surface area contributed by atoms with Crippen LogP contribution in [0.4, 0.5) is 0 Å². The second-order valence-corrected chi connectivity index (χ2v) is 10.3. The van der Waals surface area contributed by atoms with Crippen LogP contribution in [0.2, 0.25) is 0 Å². The van der Waals surface area contributed by atoms with Gasteiger partial charge in [-0.1, -0.05) is 114 Å². The maximum absolute atomic E-state index is 12.1. The van der Waals surface area contributed by atoms with Gasteiger partial charge in [0.05, 0.1) is 6.10 Å². The molecule has 0 heterocycles. The van der Waals surface area contributed by atoms with E-state index in [1.54, 1.807) is 13.0 Å². The fourth-order valence-electron chi connectivity index (χ4n) is 4.32. The van der Waals surface area contributed by atoms with Crippen LogP contribution in [0, 0.1) is 0 Å². The van der Waals surface area contributed by atoms with Gasteiger partial charge in [-0.3, -0.25) is 0 Å². The van der Waals surface area contributed by atoms with E-state index < -0.39 is 17.7 Å². The Bertz CT molecular complexity index is 606. The maximum atomic E-state index is 12.1. The lowest BCUT2D eigenvalue weighted by molar-refractivity contribution is -0.172. The molecule has 0 aliphatic carbocycles. The number of carboxylic acid groups (broad SMARTS) is 1. The van der Waals surface area contributed by atoms with Crippen LogP contribution in [-0.4, -0.2) is 34.5 Å². The summed E-state index contributed by atoms with van der Waals surface area (Å²) in [7, 11) is 0. The number of carbonyl (C=O) groups is 1. The Morgan fingerprint density at radius 3 is 1.87 bits per heavy atom. The predicted molar refractivity (Wildman–Crippen MR) is 166 cm³/mol. The van der Waals surface area contributed by atoms with Crippen molar-refractivity contribution in [1.29, 1.82) is 0 Å². The minimum atomic E-state index is -1.26. The number of allylic oxidation sites excluding steroid dienone is 7. The molecule has 0 radical (unpaired) electrons. The Morgan fingerprint density at radius 1 is 0.816 bits per heavy atom. The SMILES string of the molecule is C=CC.CC/C=C\C/C=C\C/C=C\CCCCCCC(CC(C)O)(OCCCCCCCCCC)C(=O)O. The third kappa shape index (κ3) is 26.0. The molecule has 2 atom stereocenters. The first-order valence-electron chi connectivity index (χ1n) is 15.5. The van der Waals surface area contributed by atoms with Crippen molar-refractivity contribution in [2.45, 2.75) is 155 Å². The minimum Gasteiger partial charge on any atom is -0.479 e. The average Bonchev–Trinajstić information content (AvgIpc) is 2.87. The van der Waals surface area contributed by atoms with Crippen molar-refractivity contribution in [2.75, 3.05) is 6.61 Å². The fourth-order valence-corrected chi connectivity index (χ4v) is 4.32. The van der Waals surface area contributed by atoms with Gasteiger partial charge < -0.3 is 14.9 Å². The van der Waals surface area contributed by atoms with Gasteiger partial charge >= 0.3 is 5.97 Å². The quantitative estimate of drug-likeness (QED) is 0.0903. The maximum Gasteiger partial charge on any atom is 0.336 e. The van der Waals surface area contributed by atoms with Crippen LogP contribution in [0.15, 0.2) is 49.1 Å². The first-order chi connectivity index (χ1) is 18.4. The number of hydrogen-bond acceptors (Lipinski definition) is 3. The van der Waals surface area contributed by atoms with Crippen LogP contribution in [0.3, 0.4) is 0 Å². The van der Waals surface area contributed by atoms with Crippen molar-refractivity contribution in [1.82, 2.24) is 0 Å². The highest BCUT2D eigenvalue weighted by molar-refractivity contribution is 5.77. The molecular formula is C34H62O4. The number of unbranched alkanes of at least 4 members (excludes halogenated alkanes) is 11. The average molecular weight is 535 g/mol. The van der Waals surface area contributed by atoms with E-state index in [0.29, 0.717) is 13.0 Å². The molecule has 38 heavy (non-hydrogen) atoms. The van der Waals surface area contributed by atoms with Gasteiger partial charge in [0.2, 0.25) is 0 Å². The highest BCUT2D eigenvalue weighted by Gasteiger charge is 2.40. The lowest BCUT2D eigenvalue weighted by Crippen LogP contribution is -2.44. The van der Waals surface area contributed by atoms with Crippen molar-refractivity contribution in [3.05, 3.63) is 49.1 Å². The van der Waals surface area contributed by atoms with E-state index in [2.05, 4.69) is 56.9 Å². The summed E-state index contributed by atoms with van der Waals surface area (Å²) in [6.45, 7) is 11.7. The third-order valence-electron chi connectivity index (χ3n) is 6.37. The molecule has 0 aromatic rings. The van der Waals surface area contributed by atoms with Crippen LogP contribution in [0.5, 0.6) is 0 Å². The molecule has 0 amide bonds. The van der Waals surface area contributed by atoms with Crippen LogP contribution < -0.4 is 0 Å². The van der Waals surface area contributed by atoms with Crippen LogP contribution in [0.1, 0.15) is 143 Å². The molecule has 0 aromatic heterocycles. The summed E-state index contributed by atoms with van der Waals surface area (Å²) in [5.41, 5.74) is -1.26. The van der Waals surface area contributed by atoms with Crippen molar-refractivity contribution >= 4 is 5.97 Å². The van der Waals surface area contributed by atoms with Gasteiger partial charge in [-0.2, -0.15) is 0 Å². The first-order valence-corrected chi connectivity index (χ1v) is 15.5. The van der Waals surface area contributed by atoms with Crippen LogP contribution >= 0.6 is 0 Å². The predicted octanol–water partition coefficient (Wildman–Crippen LogP) is 10.1. The number of hydrogen-bond donors (Lipinski definition) is 2. The van der Waals surface area contributed by atoms with E-state index in [1.807, 2.05) is 6.92 Å². The third-order valence-corrected chi connectivity index (χ3v) is 6.37. The highest BCUT2D eigenvalue weighted by Crippen LogP contribution is 2.27. The molecule has 4 heteroatoms. The summed E-state index contributed by atoms with van der Waals surface area (Å²) in [6.07, 6.45) is 32.7. The molecule has 0 aromatic carbocycles. The van der Waals surface area contributed by atoms with Gasteiger partial charge in [0.15, 0.2) is 5.60 Å². The van der Waals surface area contributed by atoms with Crippen LogP contribution in [-0.2, 0) is 9.53 Å². The van der Waals surface area contributed by atoms with Gasteiger partial charge in [-0.25, -0.2) is 4.79 Å². The smallest absolute Gasteiger partial charge is 0.336 e. The molecule has 0 saturated heterocycles. The molecule has 0 spiro atoms. The standard InChI is InChI=1S/C31H56O4.C3H6/c1-4-6-8-10-12-14-15-16-17-18-19-20-22-24-26-31(30(33)34,28-29(3)32)35-27-25-23-21-13-11-9-7-5-2;1-3-2/h6,8,12,14,16-17,29,32H,4-5,7,9-11,13,15,18-28H2,1-3H3,(H,33,34);3H,1H2,2H3/b8-6-,14-12-,17-16-;. The zero-order valence-electron chi connectivity index (χ0n) is 25.5. The van der Waals surface area contributed by atoms with Gasteiger partial charge in [-0.05, 0) is 65.2 Å². The zero-order valence-corrected chi connectivity index (χ0v) is 25.5. The number of aliphatic hydroxyl groups is 1. The first kappa shape index (κ1) is 38.5. The van der Waals surface area contributed by atoms with Crippen molar-refractivity contribution < 1.29 is 19.7 Å². The topological polar surface area (TPSA) is 66.8 Å². The summed E-state index contributed by atoms with van der Waals surface area (Å²) in [5.74, 6) is -0.931. The summed E-state index contributed by atoms with van der Waals surface area (Å²) < 4.78 is 5.98. The minimum absolute atomic E-state index is 0.157. The molecule has 2 N–H and O–H groups in total. The largest absolute Gasteiger partial charge is 0.479 e. The Labute approximate surface area is 236 Å². The second kappa shape index (κ2) is 29.9. The monoisotopic (exact) mass is 534 g/mol. The number of carboxylic acids is 1. The normalized spacial score (nSPS) is 14.0. The molecule has 0 bridgehead atoms. The van der Waals surface area contributed by atoms with Gasteiger partial charge in [0.1, 0.15) is 0 Å². The van der Waals surface area contributed by atoms with Crippen molar-refractivity contribution in [3.8, 4) is 0 Å². The van der Waals surface area contributed by atoms with Gasteiger partial charge in [0, 0.05) is 13.0 Å². The lowest BCUT2D eigenvalue weighted by Gasteiger charge is -2.31. The second-order valence-electron chi connectivity index (χ2n) is 10.3. The molecule has 2 unspecified atom stereocenters. The Kier molecular flexibility index (Phi) is 30.3. The number of ether oxygens (including phenoxy) is 1. The van der Waals surface area contributed by atoms with Gasteiger partial charge in [0.25, 0.3) is 0 Å². The van der Waals surface area contributed by atoms with E-state index in [1.165, 1.54) is 38.5 Å². The molecular weight excluding hydrogens is 472 g/mol. The lowest BCUT2D eigenvalue weighted by atomic mass is 9.89. The zero-order chi connectivity index (χ0) is 28.7. The van der Waals surface area contributed by atoms with Crippen molar-refractivity contribution in [3.63, 3.8) is 0 Å². The van der Waals surface area contributed by atoms with E-state index >= 15 is 0 Å².